The van der Waals surface area contributed by atoms with Gasteiger partial charge in [0.1, 0.15) is 0 Å². The van der Waals surface area contributed by atoms with Crippen molar-refractivity contribution in [2.45, 2.75) is 13.1 Å². The first-order valence-corrected chi connectivity index (χ1v) is 8.91. The predicted molar refractivity (Wildman–Crippen MR) is 100 cm³/mol. The number of aryl methyl sites for hydroxylation is 1. The monoisotopic (exact) mass is 386 g/mol. The summed E-state index contributed by atoms with van der Waals surface area (Å²) in [6.07, 6.45) is -0.657. The predicted octanol–water partition coefficient (Wildman–Crippen LogP) is 5.77. The van der Waals surface area contributed by atoms with Crippen molar-refractivity contribution >= 4 is 38.9 Å². The standard InChI is InChI=1S/C20H13F3N2OS/c1-12-11-25-16(18(20(21,22)23)24-19(25)27-12)8-9-17(26)15-7-6-13-4-2-3-5-14(13)10-15/h2-11H,1H3. The zero-order chi connectivity index (χ0) is 19.2. The number of alkyl halides is 3. The summed E-state index contributed by atoms with van der Waals surface area (Å²) in [6, 6.07) is 12.8. The fourth-order valence-corrected chi connectivity index (χ4v) is 3.77. The van der Waals surface area contributed by atoms with Crippen LogP contribution in [0.4, 0.5) is 13.2 Å². The number of hydrogen-bond donors (Lipinski definition) is 0. The second kappa shape index (κ2) is 6.35. The molecule has 3 nitrogen and oxygen atoms in total. The highest BCUT2D eigenvalue weighted by Gasteiger charge is 2.37. The smallest absolute Gasteiger partial charge is 0.290 e. The highest BCUT2D eigenvalue weighted by Crippen LogP contribution is 2.34. The Bertz CT molecular complexity index is 1200. The number of nitrogens with zero attached hydrogens (tertiary/aromatic N) is 2. The number of benzene rings is 2. The van der Waals surface area contributed by atoms with Gasteiger partial charge in [0.15, 0.2) is 16.4 Å². The molecular weight excluding hydrogens is 373 g/mol. The van der Waals surface area contributed by atoms with Crippen LogP contribution in [0.2, 0.25) is 0 Å². The van der Waals surface area contributed by atoms with Gasteiger partial charge < -0.3 is 0 Å². The summed E-state index contributed by atoms with van der Waals surface area (Å²) in [6.45, 7) is 1.79. The molecule has 0 aliphatic rings. The summed E-state index contributed by atoms with van der Waals surface area (Å²) >= 11 is 1.17. The van der Waals surface area contributed by atoms with Crippen LogP contribution in [0.5, 0.6) is 0 Å². The number of allylic oxidation sites excluding steroid dienone is 1. The fourth-order valence-electron chi connectivity index (χ4n) is 2.93. The summed E-state index contributed by atoms with van der Waals surface area (Å²) < 4.78 is 41.3. The quantitative estimate of drug-likeness (QED) is 0.331. The number of carbonyl (C=O) groups is 1. The van der Waals surface area contributed by atoms with Gasteiger partial charge in [-0.1, -0.05) is 36.4 Å². The molecule has 136 valence electrons. The van der Waals surface area contributed by atoms with E-state index in [1.807, 2.05) is 30.3 Å². The Hall–Kier alpha value is -2.93. The molecule has 7 heteroatoms. The third-order valence-electron chi connectivity index (χ3n) is 4.17. The molecule has 2 aromatic heterocycles. The number of halogens is 3. The first kappa shape index (κ1) is 17.5. The van der Waals surface area contributed by atoms with Gasteiger partial charge in [0, 0.05) is 16.6 Å². The van der Waals surface area contributed by atoms with Crippen LogP contribution in [0.3, 0.4) is 0 Å². The topological polar surface area (TPSA) is 34.4 Å². The molecule has 0 bridgehead atoms. The van der Waals surface area contributed by atoms with Gasteiger partial charge >= 0.3 is 6.18 Å². The van der Waals surface area contributed by atoms with Crippen LogP contribution in [0.1, 0.15) is 26.6 Å². The third-order valence-corrected chi connectivity index (χ3v) is 5.07. The third kappa shape index (κ3) is 3.26. The number of ketones is 1. The highest BCUT2D eigenvalue weighted by molar-refractivity contribution is 7.17. The SMILES string of the molecule is Cc1cn2c(C=CC(=O)c3ccc4ccccc4c3)c(C(F)(F)F)nc2s1. The Balaban J connectivity index is 1.73. The summed E-state index contributed by atoms with van der Waals surface area (Å²) in [5.74, 6) is -0.365. The summed E-state index contributed by atoms with van der Waals surface area (Å²) in [5.41, 5.74) is -0.715. The molecule has 2 heterocycles. The summed E-state index contributed by atoms with van der Waals surface area (Å²) in [5, 5.41) is 1.89. The number of hydrogen-bond acceptors (Lipinski definition) is 3. The van der Waals surface area contributed by atoms with Gasteiger partial charge in [0.05, 0.1) is 5.69 Å². The van der Waals surface area contributed by atoms with E-state index in [0.717, 1.165) is 21.7 Å². The maximum Gasteiger partial charge on any atom is 0.435 e. The van der Waals surface area contributed by atoms with Crippen LogP contribution in [0.15, 0.2) is 54.7 Å². The van der Waals surface area contributed by atoms with E-state index < -0.39 is 11.9 Å². The lowest BCUT2D eigenvalue weighted by molar-refractivity contribution is -0.140. The number of aromatic nitrogens is 2. The molecule has 4 aromatic rings. The first-order chi connectivity index (χ1) is 12.8. The van der Waals surface area contributed by atoms with E-state index in [9.17, 15) is 18.0 Å². The molecule has 0 N–H and O–H groups in total. The molecule has 4 rings (SSSR count). The van der Waals surface area contributed by atoms with Gasteiger partial charge in [-0.05, 0) is 35.9 Å². The lowest BCUT2D eigenvalue weighted by atomic mass is 10.0. The molecule has 0 amide bonds. The van der Waals surface area contributed by atoms with E-state index >= 15 is 0 Å². The van der Waals surface area contributed by atoms with Crippen LogP contribution >= 0.6 is 11.3 Å². The average molecular weight is 386 g/mol. The lowest BCUT2D eigenvalue weighted by Gasteiger charge is -2.04. The lowest BCUT2D eigenvalue weighted by Crippen LogP contribution is -2.08. The van der Waals surface area contributed by atoms with Crippen molar-refractivity contribution in [3.63, 3.8) is 0 Å². The minimum absolute atomic E-state index is 0.143. The molecule has 0 unspecified atom stereocenters. The molecule has 0 radical (unpaired) electrons. The zero-order valence-electron chi connectivity index (χ0n) is 14.1. The average Bonchev–Trinajstić information content (AvgIpc) is 3.15. The van der Waals surface area contributed by atoms with Crippen molar-refractivity contribution in [3.8, 4) is 0 Å². The van der Waals surface area contributed by atoms with Gasteiger partial charge in [-0.15, -0.1) is 11.3 Å². The second-order valence-electron chi connectivity index (χ2n) is 6.10. The van der Waals surface area contributed by atoms with Crippen molar-refractivity contribution in [2.24, 2.45) is 0 Å². The van der Waals surface area contributed by atoms with E-state index in [0.29, 0.717) is 5.56 Å². The van der Waals surface area contributed by atoms with E-state index in [4.69, 9.17) is 0 Å². The van der Waals surface area contributed by atoms with Crippen LogP contribution < -0.4 is 0 Å². The van der Waals surface area contributed by atoms with Crippen LogP contribution in [0, 0.1) is 6.92 Å². The molecule has 0 aliphatic heterocycles. The first-order valence-electron chi connectivity index (χ1n) is 8.10. The number of carbonyl (C=O) groups excluding carboxylic acids is 1. The van der Waals surface area contributed by atoms with Crippen molar-refractivity contribution in [3.05, 3.63) is 76.6 Å². The number of fused-ring (bicyclic) bond motifs is 2. The largest absolute Gasteiger partial charge is 0.435 e. The van der Waals surface area contributed by atoms with Crippen LogP contribution in [-0.2, 0) is 6.18 Å². The van der Waals surface area contributed by atoms with Gasteiger partial charge in [-0.25, -0.2) is 4.98 Å². The molecular formula is C20H13F3N2OS. The van der Waals surface area contributed by atoms with Gasteiger partial charge in [0.25, 0.3) is 0 Å². The maximum atomic E-state index is 13.3. The van der Waals surface area contributed by atoms with E-state index in [1.54, 1.807) is 25.3 Å². The summed E-state index contributed by atoms with van der Waals surface area (Å²) in [7, 11) is 0. The maximum absolute atomic E-state index is 13.3. The number of rotatable bonds is 3. The number of imidazole rings is 1. The number of thiazole rings is 1. The highest BCUT2D eigenvalue weighted by atomic mass is 32.1. The van der Waals surface area contributed by atoms with Gasteiger partial charge in [-0.2, -0.15) is 13.2 Å². The molecule has 0 saturated carbocycles. The van der Waals surface area contributed by atoms with E-state index in [1.165, 1.54) is 21.8 Å². The molecule has 0 atom stereocenters. The fraction of sp³-hybridized carbons (Fsp3) is 0.100. The molecule has 2 aromatic carbocycles. The Morgan fingerprint density at radius 2 is 1.89 bits per heavy atom. The Morgan fingerprint density at radius 1 is 1.15 bits per heavy atom. The minimum atomic E-state index is -4.59. The molecule has 0 aliphatic carbocycles. The Kier molecular flexibility index (Phi) is 4.11. The Labute approximate surface area is 156 Å². The van der Waals surface area contributed by atoms with Crippen molar-refractivity contribution in [2.75, 3.05) is 0 Å². The molecule has 27 heavy (non-hydrogen) atoms. The van der Waals surface area contributed by atoms with Crippen molar-refractivity contribution in [1.29, 1.82) is 0 Å². The van der Waals surface area contributed by atoms with Crippen molar-refractivity contribution < 1.29 is 18.0 Å². The molecule has 0 fully saturated rings. The minimum Gasteiger partial charge on any atom is -0.290 e. The van der Waals surface area contributed by atoms with Gasteiger partial charge in [-0.3, -0.25) is 9.20 Å². The normalized spacial score (nSPS) is 12.4. The van der Waals surface area contributed by atoms with Crippen molar-refractivity contribution in [1.82, 2.24) is 9.38 Å². The second-order valence-corrected chi connectivity index (χ2v) is 7.31. The molecule has 0 saturated heterocycles. The van der Waals surface area contributed by atoms with Crippen LogP contribution in [0.25, 0.3) is 21.8 Å². The van der Waals surface area contributed by atoms with Crippen LogP contribution in [-0.4, -0.2) is 15.2 Å². The molecule has 0 spiro atoms. The van der Waals surface area contributed by atoms with Gasteiger partial charge in [0.2, 0.25) is 0 Å². The Morgan fingerprint density at radius 3 is 2.63 bits per heavy atom. The van der Waals surface area contributed by atoms with E-state index in [2.05, 4.69) is 4.98 Å². The zero-order valence-corrected chi connectivity index (χ0v) is 14.9. The van der Waals surface area contributed by atoms with E-state index in [-0.39, 0.29) is 16.4 Å². The summed E-state index contributed by atoms with van der Waals surface area (Å²) in [4.78, 5) is 17.3.